The van der Waals surface area contributed by atoms with Crippen molar-refractivity contribution in [2.45, 2.75) is 26.0 Å². The van der Waals surface area contributed by atoms with Crippen LogP contribution in [0.1, 0.15) is 28.4 Å². The molecular formula is C29H27N3O4. The van der Waals surface area contributed by atoms with Gasteiger partial charge in [-0.15, -0.1) is 0 Å². The molecule has 4 aromatic carbocycles. The van der Waals surface area contributed by atoms with Crippen molar-refractivity contribution in [2.75, 3.05) is 0 Å². The quantitative estimate of drug-likeness (QED) is 0.332. The summed E-state index contributed by atoms with van der Waals surface area (Å²) < 4.78 is 5.70. The molecule has 0 saturated carbocycles. The van der Waals surface area contributed by atoms with Gasteiger partial charge in [-0.05, 0) is 53.1 Å². The summed E-state index contributed by atoms with van der Waals surface area (Å²) in [6, 6.07) is 29.1. The van der Waals surface area contributed by atoms with E-state index >= 15 is 0 Å². The molecule has 1 atom stereocenters. The van der Waals surface area contributed by atoms with Gasteiger partial charge in [-0.2, -0.15) is 0 Å². The number of hydrazine groups is 1. The van der Waals surface area contributed by atoms with Crippen molar-refractivity contribution in [3.8, 4) is 5.75 Å². The lowest BCUT2D eigenvalue weighted by atomic mass is 10.0. The molecule has 3 N–H and O–H groups in total. The minimum atomic E-state index is -0.828. The standard InChI is InChI=1S/C29H27N3O4/c1-20(30-27(33)18-24-10-7-9-22-8-5-6-13-26(22)24)28(34)31-32-29(35)23-16-14-21(15-17-23)19-36-25-11-3-2-4-12-25/h2-17,20H,18-19H2,1H3,(H,30,33)(H,31,34)(H,32,35)/t20-/m0/s1. The number of benzene rings is 4. The summed E-state index contributed by atoms with van der Waals surface area (Å²) in [5.41, 5.74) is 6.91. The zero-order valence-corrected chi connectivity index (χ0v) is 19.9. The second kappa shape index (κ2) is 11.7. The van der Waals surface area contributed by atoms with Gasteiger partial charge in [0.15, 0.2) is 0 Å². The number of hydrogen-bond acceptors (Lipinski definition) is 4. The first-order chi connectivity index (χ1) is 17.5. The molecule has 0 spiro atoms. The third-order valence-corrected chi connectivity index (χ3v) is 5.67. The van der Waals surface area contributed by atoms with Gasteiger partial charge in [0.25, 0.3) is 11.8 Å². The average molecular weight is 482 g/mol. The molecule has 4 aromatic rings. The van der Waals surface area contributed by atoms with Crippen LogP contribution in [-0.2, 0) is 22.6 Å². The Morgan fingerprint density at radius 2 is 1.47 bits per heavy atom. The van der Waals surface area contributed by atoms with Crippen molar-refractivity contribution in [2.24, 2.45) is 0 Å². The highest BCUT2D eigenvalue weighted by molar-refractivity contribution is 5.96. The van der Waals surface area contributed by atoms with E-state index in [1.807, 2.05) is 72.8 Å². The molecule has 0 fully saturated rings. The van der Waals surface area contributed by atoms with Gasteiger partial charge in [0.2, 0.25) is 5.91 Å². The molecular weight excluding hydrogens is 454 g/mol. The number of ether oxygens (including phenoxy) is 1. The molecule has 4 rings (SSSR count). The molecule has 3 amide bonds. The van der Waals surface area contributed by atoms with Crippen molar-refractivity contribution < 1.29 is 19.1 Å². The number of amides is 3. The Bertz CT molecular complexity index is 1350. The van der Waals surface area contributed by atoms with E-state index < -0.39 is 17.9 Å². The number of para-hydroxylation sites is 1. The van der Waals surface area contributed by atoms with Crippen LogP contribution in [0.4, 0.5) is 0 Å². The van der Waals surface area contributed by atoms with E-state index in [1.165, 1.54) is 0 Å². The topological polar surface area (TPSA) is 96.5 Å². The summed E-state index contributed by atoms with van der Waals surface area (Å²) >= 11 is 0. The summed E-state index contributed by atoms with van der Waals surface area (Å²) in [5.74, 6) is -0.510. The van der Waals surface area contributed by atoms with Gasteiger partial charge in [0, 0.05) is 5.56 Å². The fourth-order valence-corrected chi connectivity index (χ4v) is 3.71. The van der Waals surface area contributed by atoms with Crippen LogP contribution >= 0.6 is 0 Å². The smallest absolute Gasteiger partial charge is 0.269 e. The monoisotopic (exact) mass is 481 g/mol. The van der Waals surface area contributed by atoms with Crippen LogP contribution in [0.5, 0.6) is 5.75 Å². The molecule has 0 radical (unpaired) electrons. The maximum Gasteiger partial charge on any atom is 0.269 e. The largest absolute Gasteiger partial charge is 0.489 e. The lowest BCUT2D eigenvalue weighted by Gasteiger charge is -2.15. The first-order valence-electron chi connectivity index (χ1n) is 11.6. The predicted molar refractivity (Wildman–Crippen MR) is 138 cm³/mol. The third-order valence-electron chi connectivity index (χ3n) is 5.67. The van der Waals surface area contributed by atoms with E-state index in [-0.39, 0.29) is 12.3 Å². The Balaban J connectivity index is 1.23. The van der Waals surface area contributed by atoms with Crippen LogP contribution in [0.3, 0.4) is 0 Å². The highest BCUT2D eigenvalue weighted by Crippen LogP contribution is 2.19. The van der Waals surface area contributed by atoms with E-state index in [1.54, 1.807) is 31.2 Å². The van der Waals surface area contributed by atoms with E-state index in [9.17, 15) is 14.4 Å². The summed E-state index contributed by atoms with van der Waals surface area (Å²) in [5, 5.41) is 4.72. The van der Waals surface area contributed by atoms with Gasteiger partial charge < -0.3 is 10.1 Å². The number of carbonyl (C=O) groups excluding carboxylic acids is 3. The van der Waals surface area contributed by atoms with Gasteiger partial charge >= 0.3 is 0 Å². The lowest BCUT2D eigenvalue weighted by molar-refractivity contribution is -0.128. The second-order valence-corrected chi connectivity index (χ2v) is 8.35. The van der Waals surface area contributed by atoms with Crippen molar-refractivity contribution >= 4 is 28.5 Å². The predicted octanol–water partition coefficient (Wildman–Crippen LogP) is 3.93. The molecule has 0 aliphatic carbocycles. The van der Waals surface area contributed by atoms with E-state index in [2.05, 4.69) is 16.2 Å². The van der Waals surface area contributed by atoms with Gasteiger partial charge in [-0.1, -0.05) is 72.8 Å². The van der Waals surface area contributed by atoms with E-state index in [4.69, 9.17) is 4.74 Å². The minimum absolute atomic E-state index is 0.145. The molecule has 7 nitrogen and oxygen atoms in total. The minimum Gasteiger partial charge on any atom is -0.489 e. The average Bonchev–Trinajstić information content (AvgIpc) is 2.91. The lowest BCUT2D eigenvalue weighted by Crippen LogP contribution is -2.51. The van der Waals surface area contributed by atoms with Gasteiger partial charge in [0.1, 0.15) is 18.4 Å². The number of hydrogen-bond donors (Lipinski definition) is 3. The Hall–Kier alpha value is -4.65. The molecule has 182 valence electrons. The molecule has 0 unspecified atom stereocenters. The summed E-state index contributed by atoms with van der Waals surface area (Å²) in [4.78, 5) is 37.3. The Morgan fingerprint density at radius 1 is 0.778 bits per heavy atom. The molecule has 0 aromatic heterocycles. The fraction of sp³-hybridized carbons (Fsp3) is 0.138. The zero-order valence-electron chi connectivity index (χ0n) is 19.9. The number of carbonyl (C=O) groups is 3. The van der Waals surface area contributed by atoms with Crippen molar-refractivity contribution in [1.29, 1.82) is 0 Å². The molecule has 0 heterocycles. The fourth-order valence-electron chi connectivity index (χ4n) is 3.71. The zero-order chi connectivity index (χ0) is 25.3. The molecule has 0 aliphatic heterocycles. The second-order valence-electron chi connectivity index (χ2n) is 8.35. The molecule has 0 aliphatic rings. The first kappa shape index (κ1) is 24.5. The van der Waals surface area contributed by atoms with E-state index in [0.29, 0.717) is 12.2 Å². The van der Waals surface area contributed by atoms with E-state index in [0.717, 1.165) is 27.6 Å². The Kier molecular flexibility index (Phi) is 7.93. The van der Waals surface area contributed by atoms with Crippen molar-refractivity contribution in [3.63, 3.8) is 0 Å². The Morgan fingerprint density at radius 3 is 2.25 bits per heavy atom. The normalized spacial score (nSPS) is 11.4. The number of fused-ring (bicyclic) bond motifs is 1. The SMILES string of the molecule is C[C@H](NC(=O)Cc1cccc2ccccc12)C(=O)NNC(=O)c1ccc(COc2ccccc2)cc1. The summed E-state index contributed by atoms with van der Waals surface area (Å²) in [6.45, 7) is 1.93. The molecule has 0 saturated heterocycles. The maximum atomic E-state index is 12.5. The molecule has 36 heavy (non-hydrogen) atoms. The van der Waals surface area contributed by atoms with Gasteiger partial charge in [-0.25, -0.2) is 0 Å². The van der Waals surface area contributed by atoms with Crippen LogP contribution in [-0.4, -0.2) is 23.8 Å². The highest BCUT2D eigenvalue weighted by atomic mass is 16.5. The van der Waals surface area contributed by atoms with Crippen LogP contribution in [0.25, 0.3) is 10.8 Å². The third kappa shape index (κ3) is 6.48. The first-order valence-corrected chi connectivity index (χ1v) is 11.6. The van der Waals surface area contributed by atoms with Crippen LogP contribution in [0, 0.1) is 0 Å². The Labute approximate surface area is 209 Å². The summed E-state index contributed by atoms with van der Waals surface area (Å²) in [6.07, 6.45) is 0.145. The van der Waals surface area contributed by atoms with Gasteiger partial charge in [-0.3, -0.25) is 25.2 Å². The number of nitrogens with one attached hydrogen (secondary N) is 3. The van der Waals surface area contributed by atoms with Crippen molar-refractivity contribution in [3.05, 3.63) is 114 Å². The van der Waals surface area contributed by atoms with Crippen molar-refractivity contribution in [1.82, 2.24) is 16.2 Å². The van der Waals surface area contributed by atoms with Gasteiger partial charge in [0.05, 0.1) is 6.42 Å². The van der Waals surface area contributed by atoms with Crippen LogP contribution in [0.2, 0.25) is 0 Å². The maximum absolute atomic E-state index is 12.5. The summed E-state index contributed by atoms with van der Waals surface area (Å²) in [7, 11) is 0. The highest BCUT2D eigenvalue weighted by Gasteiger charge is 2.17. The van der Waals surface area contributed by atoms with Crippen LogP contribution < -0.4 is 20.9 Å². The molecule has 0 bridgehead atoms. The van der Waals surface area contributed by atoms with Crippen LogP contribution in [0.15, 0.2) is 97.1 Å². The number of rotatable bonds is 8. The molecule has 7 heteroatoms.